The van der Waals surface area contributed by atoms with E-state index in [4.69, 9.17) is 9.15 Å². The summed E-state index contributed by atoms with van der Waals surface area (Å²) < 4.78 is 10.3. The van der Waals surface area contributed by atoms with E-state index < -0.39 is 5.97 Å². The van der Waals surface area contributed by atoms with Gasteiger partial charge in [-0.2, -0.15) is 0 Å². The Labute approximate surface area is 160 Å². The number of hydrogen-bond acceptors (Lipinski definition) is 6. The van der Waals surface area contributed by atoms with Gasteiger partial charge in [-0.1, -0.05) is 18.2 Å². The third kappa shape index (κ3) is 5.52. The first-order chi connectivity index (χ1) is 13.1. The molecular weight excluding hydrogens is 366 g/mol. The summed E-state index contributed by atoms with van der Waals surface area (Å²) in [6.45, 7) is 0.178. The number of benzene rings is 2. The highest BCUT2D eigenvalue weighted by Crippen LogP contribution is 2.25. The molecule has 3 aromatic rings. The molecule has 0 radical (unpaired) electrons. The minimum atomic E-state index is -0.514. The summed E-state index contributed by atoms with van der Waals surface area (Å²) in [5, 5.41) is 12.9. The van der Waals surface area contributed by atoms with Crippen molar-refractivity contribution in [2.75, 3.05) is 18.9 Å². The van der Waals surface area contributed by atoms with Crippen LogP contribution in [0.25, 0.3) is 11.0 Å². The van der Waals surface area contributed by atoms with Gasteiger partial charge < -0.3 is 19.6 Å². The molecule has 0 unspecified atom stereocenters. The molecule has 0 saturated carbocycles. The number of carbonyl (C=O) groups is 2. The van der Waals surface area contributed by atoms with Gasteiger partial charge >= 0.3 is 5.97 Å². The first-order valence-electron chi connectivity index (χ1n) is 8.41. The maximum atomic E-state index is 11.9. The zero-order chi connectivity index (χ0) is 19.1. The molecule has 2 aromatic carbocycles. The molecule has 0 aliphatic carbocycles. The van der Waals surface area contributed by atoms with Crippen molar-refractivity contribution in [3.8, 4) is 5.75 Å². The molecule has 0 bridgehead atoms. The number of fused-ring (bicyclic) bond motifs is 1. The van der Waals surface area contributed by atoms with Crippen LogP contribution in [0.4, 0.5) is 0 Å². The largest absolute Gasteiger partial charge is 0.508 e. The summed E-state index contributed by atoms with van der Waals surface area (Å²) in [5.74, 6) is -0.0241. The summed E-state index contributed by atoms with van der Waals surface area (Å²) in [5.41, 5.74) is 1.14. The molecule has 140 valence electrons. The van der Waals surface area contributed by atoms with Gasteiger partial charge in [0.2, 0.25) is 0 Å². The minimum absolute atomic E-state index is 0.00505. The molecule has 3 rings (SSSR count). The topological polar surface area (TPSA) is 88.8 Å². The molecule has 1 aromatic heterocycles. The third-order valence-corrected chi connectivity index (χ3v) is 4.79. The zero-order valence-corrected chi connectivity index (χ0v) is 15.3. The molecule has 1 amide bonds. The number of ether oxygens (including phenoxy) is 1. The van der Waals surface area contributed by atoms with E-state index in [9.17, 15) is 14.7 Å². The van der Waals surface area contributed by atoms with Crippen molar-refractivity contribution >= 4 is 34.6 Å². The lowest BCUT2D eigenvalue weighted by Gasteiger charge is -2.06. The summed E-state index contributed by atoms with van der Waals surface area (Å²) in [6, 6.07) is 14.6. The van der Waals surface area contributed by atoms with Crippen LogP contribution in [-0.4, -0.2) is 35.9 Å². The van der Waals surface area contributed by atoms with E-state index >= 15 is 0 Å². The molecule has 2 N–H and O–H groups in total. The molecule has 0 fully saturated rings. The average Bonchev–Trinajstić information content (AvgIpc) is 3.06. The predicted molar refractivity (Wildman–Crippen MR) is 103 cm³/mol. The summed E-state index contributed by atoms with van der Waals surface area (Å²) in [4.78, 5) is 24.8. The van der Waals surface area contributed by atoms with E-state index in [0.717, 1.165) is 16.0 Å². The van der Waals surface area contributed by atoms with E-state index in [0.29, 0.717) is 17.7 Å². The molecule has 0 aliphatic heterocycles. The van der Waals surface area contributed by atoms with Crippen molar-refractivity contribution in [1.82, 2.24) is 5.32 Å². The third-order valence-electron chi connectivity index (χ3n) is 3.77. The Morgan fingerprint density at radius 2 is 1.96 bits per heavy atom. The van der Waals surface area contributed by atoms with Crippen LogP contribution in [0.15, 0.2) is 64.1 Å². The molecule has 1 heterocycles. The molecule has 27 heavy (non-hydrogen) atoms. The SMILES string of the molecule is O=C(COC(=O)Cc1coc2cc(O)ccc12)NCCSc1ccccc1. The Morgan fingerprint density at radius 1 is 1.15 bits per heavy atom. The van der Waals surface area contributed by atoms with Crippen LogP contribution in [0.2, 0.25) is 0 Å². The maximum Gasteiger partial charge on any atom is 0.310 e. The van der Waals surface area contributed by atoms with Crippen molar-refractivity contribution in [3.63, 3.8) is 0 Å². The highest BCUT2D eigenvalue weighted by Gasteiger charge is 2.13. The average molecular weight is 385 g/mol. The van der Waals surface area contributed by atoms with Crippen molar-refractivity contribution < 1.29 is 23.8 Å². The van der Waals surface area contributed by atoms with E-state index in [1.165, 1.54) is 18.4 Å². The predicted octanol–water partition coefficient (Wildman–Crippen LogP) is 3.13. The summed E-state index contributed by atoms with van der Waals surface area (Å²) in [6.07, 6.45) is 1.45. The first-order valence-corrected chi connectivity index (χ1v) is 9.39. The van der Waals surface area contributed by atoms with E-state index in [1.807, 2.05) is 30.3 Å². The summed E-state index contributed by atoms with van der Waals surface area (Å²) in [7, 11) is 0. The van der Waals surface area contributed by atoms with Crippen molar-refractivity contribution in [2.45, 2.75) is 11.3 Å². The number of phenolic OH excluding ortho intramolecular Hbond substituents is 1. The van der Waals surface area contributed by atoms with Crippen molar-refractivity contribution in [3.05, 3.63) is 60.4 Å². The standard InChI is InChI=1S/C20H19NO5S/c22-15-6-7-17-14(12-25-18(17)11-15)10-20(24)26-13-19(23)21-8-9-27-16-4-2-1-3-5-16/h1-7,11-12,22H,8-10,13H2,(H,21,23). The van der Waals surface area contributed by atoms with Gasteiger partial charge in [0, 0.05) is 34.2 Å². The zero-order valence-electron chi connectivity index (χ0n) is 14.5. The Morgan fingerprint density at radius 3 is 2.78 bits per heavy atom. The molecule has 6 nitrogen and oxygen atoms in total. The quantitative estimate of drug-likeness (QED) is 0.352. The van der Waals surface area contributed by atoms with Gasteiger partial charge in [-0.3, -0.25) is 9.59 Å². The number of phenols is 1. The number of nitrogens with one attached hydrogen (secondary N) is 1. The Balaban J connectivity index is 1.37. The molecular formula is C20H19NO5S. The number of thioether (sulfide) groups is 1. The van der Waals surface area contributed by atoms with Crippen LogP contribution in [0, 0.1) is 0 Å². The monoisotopic (exact) mass is 385 g/mol. The molecule has 0 atom stereocenters. The van der Waals surface area contributed by atoms with Gasteiger partial charge in [0.15, 0.2) is 6.61 Å². The van der Waals surface area contributed by atoms with Crippen LogP contribution in [-0.2, 0) is 20.7 Å². The lowest BCUT2D eigenvalue weighted by Crippen LogP contribution is -2.30. The van der Waals surface area contributed by atoms with E-state index in [-0.39, 0.29) is 24.7 Å². The number of aromatic hydroxyl groups is 1. The van der Waals surface area contributed by atoms with Gasteiger partial charge in [-0.25, -0.2) is 0 Å². The Kier molecular flexibility index (Phi) is 6.38. The fraction of sp³-hybridized carbons (Fsp3) is 0.200. The molecule has 0 spiro atoms. The number of esters is 1. The lowest BCUT2D eigenvalue weighted by atomic mass is 10.1. The fourth-order valence-electron chi connectivity index (χ4n) is 2.49. The number of rotatable bonds is 8. The highest BCUT2D eigenvalue weighted by molar-refractivity contribution is 7.99. The first kappa shape index (κ1) is 18.8. The number of hydrogen-bond donors (Lipinski definition) is 2. The van der Waals surface area contributed by atoms with Gasteiger partial charge in [0.1, 0.15) is 11.3 Å². The maximum absolute atomic E-state index is 11.9. The molecule has 7 heteroatoms. The van der Waals surface area contributed by atoms with Gasteiger partial charge in [0.05, 0.1) is 12.7 Å². The summed E-state index contributed by atoms with van der Waals surface area (Å²) >= 11 is 1.64. The minimum Gasteiger partial charge on any atom is -0.508 e. The van der Waals surface area contributed by atoms with Crippen LogP contribution in [0.5, 0.6) is 5.75 Å². The fourth-order valence-corrected chi connectivity index (χ4v) is 3.28. The van der Waals surface area contributed by atoms with Crippen LogP contribution in [0.3, 0.4) is 0 Å². The van der Waals surface area contributed by atoms with Gasteiger partial charge in [-0.15, -0.1) is 11.8 Å². The van der Waals surface area contributed by atoms with Gasteiger partial charge in [0.25, 0.3) is 5.91 Å². The van der Waals surface area contributed by atoms with Crippen LogP contribution in [0.1, 0.15) is 5.56 Å². The van der Waals surface area contributed by atoms with Crippen molar-refractivity contribution in [1.29, 1.82) is 0 Å². The number of carbonyl (C=O) groups excluding carboxylic acids is 2. The van der Waals surface area contributed by atoms with E-state index in [1.54, 1.807) is 17.8 Å². The molecule has 0 saturated heterocycles. The normalized spacial score (nSPS) is 10.7. The van der Waals surface area contributed by atoms with Gasteiger partial charge in [-0.05, 0) is 24.3 Å². The Hall–Kier alpha value is -2.93. The van der Waals surface area contributed by atoms with Crippen LogP contribution >= 0.6 is 11.8 Å². The lowest BCUT2D eigenvalue weighted by molar-refractivity contribution is -0.147. The van der Waals surface area contributed by atoms with E-state index in [2.05, 4.69) is 5.32 Å². The van der Waals surface area contributed by atoms with Crippen molar-refractivity contribution in [2.24, 2.45) is 0 Å². The number of furan rings is 1. The smallest absolute Gasteiger partial charge is 0.310 e. The van der Waals surface area contributed by atoms with Crippen LogP contribution < -0.4 is 5.32 Å². The number of amides is 1. The Bertz CT molecular complexity index is 923. The second-order valence-electron chi connectivity index (χ2n) is 5.79. The molecule has 0 aliphatic rings. The highest BCUT2D eigenvalue weighted by atomic mass is 32.2. The second kappa shape index (κ2) is 9.14. The second-order valence-corrected chi connectivity index (χ2v) is 6.96.